The van der Waals surface area contributed by atoms with Crippen molar-refractivity contribution in [2.24, 2.45) is 5.73 Å². The summed E-state index contributed by atoms with van der Waals surface area (Å²) in [5.41, 5.74) is 9.59. The monoisotopic (exact) mass is 165 g/mol. The topological polar surface area (TPSA) is 53.8 Å². The summed E-state index contributed by atoms with van der Waals surface area (Å²) >= 11 is 0. The van der Waals surface area contributed by atoms with Crippen LogP contribution in [0.5, 0.6) is 0 Å². The molecular weight excluding hydrogens is 150 g/mol. The molecule has 2 rings (SSSR count). The van der Waals surface area contributed by atoms with E-state index < -0.39 is 0 Å². The highest BCUT2D eigenvalue weighted by atomic mass is 14.9. The van der Waals surface area contributed by atoms with Crippen LogP contribution in [0.25, 0.3) is 0 Å². The predicted molar refractivity (Wildman–Crippen MR) is 49.0 cm³/mol. The predicted octanol–water partition coefficient (Wildman–Crippen LogP) is 0.162. The van der Waals surface area contributed by atoms with Gasteiger partial charge in [0.15, 0.2) is 0 Å². The first kappa shape index (κ1) is 7.83. The molecular formula is C9H15N3. The van der Waals surface area contributed by atoms with E-state index in [1.54, 1.807) is 0 Å². The van der Waals surface area contributed by atoms with Gasteiger partial charge in [0.1, 0.15) is 0 Å². The van der Waals surface area contributed by atoms with Crippen molar-refractivity contribution in [1.82, 2.24) is 10.3 Å². The average molecular weight is 165 g/mol. The van der Waals surface area contributed by atoms with Crippen molar-refractivity contribution in [2.45, 2.75) is 19.4 Å². The van der Waals surface area contributed by atoms with Gasteiger partial charge < -0.3 is 16.0 Å². The maximum Gasteiger partial charge on any atom is 0.0223 e. The van der Waals surface area contributed by atoms with Crippen molar-refractivity contribution in [1.29, 1.82) is 0 Å². The summed E-state index contributed by atoms with van der Waals surface area (Å²) < 4.78 is 0. The normalized spacial score (nSPS) is 16.1. The number of aromatic amines is 1. The van der Waals surface area contributed by atoms with Crippen LogP contribution >= 0.6 is 0 Å². The first-order chi connectivity index (χ1) is 5.90. The summed E-state index contributed by atoms with van der Waals surface area (Å²) in [5.74, 6) is 0. The van der Waals surface area contributed by atoms with Gasteiger partial charge in [0, 0.05) is 30.9 Å². The molecule has 0 aromatic carbocycles. The molecule has 0 spiro atoms. The van der Waals surface area contributed by atoms with Crippen LogP contribution in [0.4, 0.5) is 0 Å². The Bertz CT molecular complexity index is 241. The van der Waals surface area contributed by atoms with E-state index in [1.165, 1.54) is 17.0 Å². The van der Waals surface area contributed by atoms with E-state index in [1.807, 2.05) is 0 Å². The van der Waals surface area contributed by atoms with Gasteiger partial charge in [0.25, 0.3) is 0 Å². The molecule has 1 aliphatic heterocycles. The molecule has 12 heavy (non-hydrogen) atoms. The minimum absolute atomic E-state index is 0.729. The number of aromatic nitrogens is 1. The Hall–Kier alpha value is -0.800. The quantitative estimate of drug-likeness (QED) is 0.585. The Balaban J connectivity index is 2.20. The Labute approximate surface area is 72.3 Å². The molecule has 1 aromatic rings. The summed E-state index contributed by atoms with van der Waals surface area (Å²) in [5, 5.41) is 3.35. The van der Waals surface area contributed by atoms with Crippen molar-refractivity contribution >= 4 is 0 Å². The smallest absolute Gasteiger partial charge is 0.0223 e. The number of nitrogens with two attached hydrogens (primary N) is 1. The van der Waals surface area contributed by atoms with Gasteiger partial charge in [-0.15, -0.1) is 0 Å². The zero-order valence-electron chi connectivity index (χ0n) is 7.19. The molecule has 0 saturated carbocycles. The van der Waals surface area contributed by atoms with E-state index in [0.717, 1.165) is 32.5 Å². The van der Waals surface area contributed by atoms with Gasteiger partial charge in [-0.1, -0.05) is 0 Å². The lowest BCUT2D eigenvalue weighted by Gasteiger charge is -2.11. The van der Waals surface area contributed by atoms with Gasteiger partial charge in [-0.2, -0.15) is 0 Å². The lowest BCUT2D eigenvalue weighted by Crippen LogP contribution is -2.22. The Morgan fingerprint density at radius 2 is 2.42 bits per heavy atom. The summed E-state index contributed by atoms with van der Waals surface area (Å²) in [4.78, 5) is 3.41. The van der Waals surface area contributed by atoms with Crippen LogP contribution in [-0.2, 0) is 19.4 Å². The molecule has 3 nitrogen and oxygen atoms in total. The molecule has 2 heterocycles. The fourth-order valence-corrected chi connectivity index (χ4v) is 1.72. The molecule has 4 N–H and O–H groups in total. The standard InChI is InChI=1S/C9H15N3/c10-3-1-8-5-7-6-11-4-2-9(7)12-8/h5,11-12H,1-4,6,10H2. The molecule has 0 unspecified atom stereocenters. The number of hydrogen-bond donors (Lipinski definition) is 3. The third-order valence-corrected chi connectivity index (χ3v) is 2.33. The number of H-pyrrole nitrogens is 1. The summed E-state index contributed by atoms with van der Waals surface area (Å²) in [6.45, 7) is 2.83. The van der Waals surface area contributed by atoms with Crippen LogP contribution in [0.1, 0.15) is 17.0 Å². The minimum Gasteiger partial charge on any atom is -0.362 e. The first-order valence-corrected chi connectivity index (χ1v) is 4.50. The second kappa shape index (κ2) is 3.29. The first-order valence-electron chi connectivity index (χ1n) is 4.50. The number of fused-ring (bicyclic) bond motifs is 1. The van der Waals surface area contributed by atoms with Gasteiger partial charge in [-0.3, -0.25) is 0 Å². The molecule has 1 aliphatic rings. The van der Waals surface area contributed by atoms with Gasteiger partial charge in [0.2, 0.25) is 0 Å². The summed E-state index contributed by atoms with van der Waals surface area (Å²) in [6.07, 6.45) is 2.09. The van der Waals surface area contributed by atoms with Crippen molar-refractivity contribution < 1.29 is 0 Å². The molecule has 1 aromatic heterocycles. The Kier molecular flexibility index (Phi) is 2.15. The van der Waals surface area contributed by atoms with Crippen molar-refractivity contribution in [2.75, 3.05) is 13.1 Å². The molecule has 0 fully saturated rings. The highest BCUT2D eigenvalue weighted by Crippen LogP contribution is 2.14. The lowest BCUT2D eigenvalue weighted by molar-refractivity contribution is 0.637. The maximum absolute atomic E-state index is 5.48. The van der Waals surface area contributed by atoms with E-state index in [0.29, 0.717) is 0 Å². The van der Waals surface area contributed by atoms with Crippen LogP contribution in [0.15, 0.2) is 6.07 Å². The molecule has 0 aliphatic carbocycles. The van der Waals surface area contributed by atoms with Gasteiger partial charge in [0.05, 0.1) is 0 Å². The van der Waals surface area contributed by atoms with Crippen LogP contribution in [0.3, 0.4) is 0 Å². The van der Waals surface area contributed by atoms with Crippen LogP contribution < -0.4 is 11.1 Å². The van der Waals surface area contributed by atoms with Crippen LogP contribution in [0, 0.1) is 0 Å². The summed E-state index contributed by atoms with van der Waals surface area (Å²) in [7, 11) is 0. The molecule has 66 valence electrons. The van der Waals surface area contributed by atoms with E-state index in [-0.39, 0.29) is 0 Å². The Morgan fingerprint density at radius 3 is 3.17 bits per heavy atom. The average Bonchev–Trinajstić information content (AvgIpc) is 2.47. The zero-order valence-corrected chi connectivity index (χ0v) is 7.19. The molecule has 0 atom stereocenters. The van der Waals surface area contributed by atoms with Crippen LogP contribution in [-0.4, -0.2) is 18.1 Å². The van der Waals surface area contributed by atoms with Crippen LogP contribution in [0.2, 0.25) is 0 Å². The second-order valence-corrected chi connectivity index (χ2v) is 3.26. The molecule has 0 bridgehead atoms. The SMILES string of the molecule is NCCc1cc2c([nH]1)CCNC2. The third-order valence-electron chi connectivity index (χ3n) is 2.33. The van der Waals surface area contributed by atoms with Gasteiger partial charge >= 0.3 is 0 Å². The van der Waals surface area contributed by atoms with Gasteiger partial charge in [-0.25, -0.2) is 0 Å². The van der Waals surface area contributed by atoms with Crippen molar-refractivity contribution in [3.8, 4) is 0 Å². The van der Waals surface area contributed by atoms with E-state index >= 15 is 0 Å². The second-order valence-electron chi connectivity index (χ2n) is 3.26. The lowest BCUT2D eigenvalue weighted by atomic mass is 10.1. The molecule has 0 amide bonds. The minimum atomic E-state index is 0.729. The third kappa shape index (κ3) is 1.38. The number of rotatable bonds is 2. The van der Waals surface area contributed by atoms with E-state index in [2.05, 4.69) is 16.4 Å². The molecule has 3 heteroatoms. The van der Waals surface area contributed by atoms with E-state index in [9.17, 15) is 0 Å². The largest absolute Gasteiger partial charge is 0.362 e. The molecule has 0 radical (unpaired) electrons. The Morgan fingerprint density at radius 1 is 1.50 bits per heavy atom. The highest BCUT2D eigenvalue weighted by Gasteiger charge is 2.10. The number of hydrogen-bond acceptors (Lipinski definition) is 2. The fourth-order valence-electron chi connectivity index (χ4n) is 1.72. The maximum atomic E-state index is 5.48. The summed E-state index contributed by atoms with van der Waals surface area (Å²) in [6, 6.07) is 2.23. The number of nitrogens with one attached hydrogen (secondary N) is 2. The van der Waals surface area contributed by atoms with E-state index in [4.69, 9.17) is 5.73 Å². The highest BCUT2D eigenvalue weighted by molar-refractivity contribution is 5.28. The van der Waals surface area contributed by atoms with Gasteiger partial charge in [-0.05, 0) is 24.6 Å². The zero-order chi connectivity index (χ0) is 8.39. The molecule has 0 saturated heterocycles. The van der Waals surface area contributed by atoms with Crippen molar-refractivity contribution in [3.05, 3.63) is 23.0 Å². The fraction of sp³-hybridized carbons (Fsp3) is 0.556. The van der Waals surface area contributed by atoms with Crippen molar-refractivity contribution in [3.63, 3.8) is 0 Å².